The van der Waals surface area contributed by atoms with Gasteiger partial charge in [0.15, 0.2) is 0 Å². The number of hydrogen-bond acceptors (Lipinski definition) is 4. The highest BCUT2D eigenvalue weighted by molar-refractivity contribution is 7.99. The SMILES string of the molecule is CN(CC(=O)N[C@@H]1CCSc2c(F)cccc21)S(=O)(=O)c1ccc(Cl)cc1. The van der Waals surface area contributed by atoms with Gasteiger partial charge in [0.25, 0.3) is 0 Å². The Morgan fingerprint density at radius 1 is 1.30 bits per heavy atom. The van der Waals surface area contributed by atoms with Gasteiger partial charge in [-0.05, 0) is 42.3 Å². The van der Waals surface area contributed by atoms with E-state index in [0.29, 0.717) is 22.1 Å². The molecule has 0 saturated heterocycles. The van der Waals surface area contributed by atoms with Gasteiger partial charge in [-0.1, -0.05) is 23.7 Å². The molecule has 0 fully saturated rings. The zero-order chi connectivity index (χ0) is 19.6. The fraction of sp³-hybridized carbons (Fsp3) is 0.278. The van der Waals surface area contributed by atoms with Crippen LogP contribution in [0.3, 0.4) is 0 Å². The van der Waals surface area contributed by atoms with Crippen LogP contribution in [0.25, 0.3) is 0 Å². The lowest BCUT2D eigenvalue weighted by molar-refractivity contribution is -0.121. The molecule has 144 valence electrons. The maximum atomic E-state index is 13.9. The third kappa shape index (κ3) is 4.45. The topological polar surface area (TPSA) is 66.5 Å². The molecule has 1 heterocycles. The molecule has 0 spiro atoms. The van der Waals surface area contributed by atoms with Gasteiger partial charge < -0.3 is 5.32 Å². The van der Waals surface area contributed by atoms with Crippen molar-refractivity contribution in [3.63, 3.8) is 0 Å². The van der Waals surface area contributed by atoms with Crippen LogP contribution in [0.15, 0.2) is 52.3 Å². The smallest absolute Gasteiger partial charge is 0.243 e. The van der Waals surface area contributed by atoms with Gasteiger partial charge in [-0.25, -0.2) is 12.8 Å². The fourth-order valence-electron chi connectivity index (χ4n) is 2.85. The number of nitrogens with one attached hydrogen (secondary N) is 1. The molecule has 9 heteroatoms. The van der Waals surface area contributed by atoms with Crippen LogP contribution < -0.4 is 5.32 Å². The van der Waals surface area contributed by atoms with Crippen LogP contribution in [0.4, 0.5) is 4.39 Å². The molecule has 1 aliphatic rings. The Morgan fingerprint density at radius 3 is 2.70 bits per heavy atom. The third-order valence-electron chi connectivity index (χ3n) is 4.25. The molecule has 5 nitrogen and oxygen atoms in total. The lowest BCUT2D eigenvalue weighted by Gasteiger charge is -2.27. The quantitative estimate of drug-likeness (QED) is 0.792. The molecular weight excluding hydrogens is 411 g/mol. The number of benzene rings is 2. The first-order valence-electron chi connectivity index (χ1n) is 8.21. The predicted molar refractivity (Wildman–Crippen MR) is 104 cm³/mol. The second-order valence-electron chi connectivity index (χ2n) is 6.13. The van der Waals surface area contributed by atoms with Crippen LogP contribution in [-0.4, -0.2) is 38.0 Å². The Balaban J connectivity index is 1.70. The zero-order valence-electron chi connectivity index (χ0n) is 14.5. The van der Waals surface area contributed by atoms with E-state index in [1.54, 1.807) is 12.1 Å². The second kappa shape index (κ2) is 8.18. The van der Waals surface area contributed by atoms with E-state index >= 15 is 0 Å². The van der Waals surface area contributed by atoms with Crippen molar-refractivity contribution in [3.8, 4) is 0 Å². The molecule has 1 N–H and O–H groups in total. The number of thioether (sulfide) groups is 1. The molecule has 0 saturated carbocycles. The molecule has 1 atom stereocenters. The van der Waals surface area contributed by atoms with Gasteiger partial charge in [0.2, 0.25) is 15.9 Å². The van der Waals surface area contributed by atoms with E-state index in [-0.39, 0.29) is 23.3 Å². The summed E-state index contributed by atoms with van der Waals surface area (Å²) in [7, 11) is -2.47. The van der Waals surface area contributed by atoms with Gasteiger partial charge in [0.05, 0.1) is 17.5 Å². The van der Waals surface area contributed by atoms with Crippen molar-refractivity contribution in [1.29, 1.82) is 0 Å². The van der Waals surface area contributed by atoms with Gasteiger partial charge in [-0.2, -0.15) is 4.31 Å². The monoisotopic (exact) mass is 428 g/mol. The zero-order valence-corrected chi connectivity index (χ0v) is 16.9. The number of rotatable bonds is 5. The average Bonchev–Trinajstić information content (AvgIpc) is 2.63. The maximum absolute atomic E-state index is 13.9. The number of fused-ring (bicyclic) bond motifs is 1. The Labute approximate surface area is 166 Å². The fourth-order valence-corrected chi connectivity index (χ4v) is 5.24. The molecule has 1 amide bonds. The first-order chi connectivity index (χ1) is 12.8. The Kier molecular flexibility index (Phi) is 6.10. The number of likely N-dealkylation sites (N-methyl/N-ethyl adjacent to an activating group) is 1. The summed E-state index contributed by atoms with van der Waals surface area (Å²) in [5.41, 5.74) is 0.725. The Morgan fingerprint density at radius 2 is 2.00 bits per heavy atom. The summed E-state index contributed by atoms with van der Waals surface area (Å²) in [5.74, 6) is -0.0707. The van der Waals surface area contributed by atoms with Crippen LogP contribution in [0, 0.1) is 5.82 Å². The minimum absolute atomic E-state index is 0.0590. The molecule has 27 heavy (non-hydrogen) atoms. The number of amides is 1. The van der Waals surface area contributed by atoms with Gasteiger partial charge in [0, 0.05) is 22.7 Å². The summed E-state index contributed by atoms with van der Waals surface area (Å²) in [6, 6.07) is 10.2. The summed E-state index contributed by atoms with van der Waals surface area (Å²) in [6.45, 7) is -0.334. The molecule has 3 rings (SSSR count). The van der Waals surface area contributed by atoms with E-state index in [0.717, 1.165) is 9.87 Å². The molecule has 1 aliphatic heterocycles. The van der Waals surface area contributed by atoms with E-state index in [1.807, 2.05) is 0 Å². The molecule has 0 unspecified atom stereocenters. The molecule has 0 bridgehead atoms. The van der Waals surface area contributed by atoms with Crippen molar-refractivity contribution < 1.29 is 17.6 Å². The van der Waals surface area contributed by atoms with E-state index in [4.69, 9.17) is 11.6 Å². The highest BCUT2D eigenvalue weighted by Crippen LogP contribution is 2.37. The van der Waals surface area contributed by atoms with Crippen LogP contribution in [-0.2, 0) is 14.8 Å². The van der Waals surface area contributed by atoms with Crippen LogP contribution in [0.5, 0.6) is 0 Å². The van der Waals surface area contributed by atoms with Crippen molar-refractivity contribution in [3.05, 3.63) is 58.9 Å². The Hall–Kier alpha value is -1.61. The van der Waals surface area contributed by atoms with Crippen LogP contribution >= 0.6 is 23.4 Å². The highest BCUT2D eigenvalue weighted by Gasteiger charge is 2.27. The predicted octanol–water partition coefficient (Wildman–Crippen LogP) is 3.45. The third-order valence-corrected chi connectivity index (χ3v) is 7.48. The van der Waals surface area contributed by atoms with Crippen LogP contribution in [0.1, 0.15) is 18.0 Å². The van der Waals surface area contributed by atoms with Crippen molar-refractivity contribution >= 4 is 39.3 Å². The van der Waals surface area contributed by atoms with E-state index < -0.39 is 15.9 Å². The summed E-state index contributed by atoms with van der Waals surface area (Å²) >= 11 is 7.20. The highest BCUT2D eigenvalue weighted by atomic mass is 35.5. The lowest BCUT2D eigenvalue weighted by atomic mass is 10.0. The molecule has 0 aliphatic carbocycles. The normalized spacial score (nSPS) is 16.8. The average molecular weight is 429 g/mol. The standard InChI is InChI=1S/C18H18ClFN2O3S2/c1-22(27(24,25)13-7-5-12(19)6-8-13)11-17(23)21-16-9-10-26-18-14(16)3-2-4-15(18)20/h2-8,16H,9-11H2,1H3,(H,21,23)/t16-/m1/s1. The number of carbonyl (C=O) groups excluding carboxylic acids is 1. The summed E-state index contributed by atoms with van der Waals surface area (Å²) in [5, 5.41) is 3.25. The number of nitrogens with zero attached hydrogens (tertiary/aromatic N) is 1. The maximum Gasteiger partial charge on any atom is 0.243 e. The summed E-state index contributed by atoms with van der Waals surface area (Å²) in [6.07, 6.45) is 0.653. The first kappa shape index (κ1) is 20.1. The molecular formula is C18H18ClFN2O3S2. The van der Waals surface area contributed by atoms with Crippen molar-refractivity contribution in [2.45, 2.75) is 22.3 Å². The van der Waals surface area contributed by atoms with Crippen molar-refractivity contribution in [1.82, 2.24) is 9.62 Å². The molecule has 0 aromatic heterocycles. The van der Waals surface area contributed by atoms with Gasteiger partial charge >= 0.3 is 0 Å². The second-order valence-corrected chi connectivity index (χ2v) is 9.72. The number of carbonyl (C=O) groups is 1. The van der Waals surface area contributed by atoms with Crippen molar-refractivity contribution in [2.75, 3.05) is 19.3 Å². The first-order valence-corrected chi connectivity index (χ1v) is 11.0. The molecule has 0 radical (unpaired) electrons. The summed E-state index contributed by atoms with van der Waals surface area (Å²) < 4.78 is 40.0. The van der Waals surface area contributed by atoms with Gasteiger partial charge in [0.1, 0.15) is 5.82 Å². The number of sulfonamides is 1. The van der Waals surface area contributed by atoms with Crippen LogP contribution in [0.2, 0.25) is 5.02 Å². The largest absolute Gasteiger partial charge is 0.348 e. The van der Waals surface area contributed by atoms with E-state index in [2.05, 4.69) is 5.32 Å². The Bertz CT molecular complexity index is 952. The molecule has 2 aromatic carbocycles. The van der Waals surface area contributed by atoms with Gasteiger partial charge in [-0.15, -0.1) is 11.8 Å². The van der Waals surface area contributed by atoms with Gasteiger partial charge in [-0.3, -0.25) is 4.79 Å². The van der Waals surface area contributed by atoms with E-state index in [1.165, 1.54) is 49.1 Å². The van der Waals surface area contributed by atoms with Crippen molar-refractivity contribution in [2.24, 2.45) is 0 Å². The van der Waals surface area contributed by atoms with E-state index in [9.17, 15) is 17.6 Å². The molecule has 2 aromatic rings. The lowest BCUT2D eigenvalue weighted by Crippen LogP contribution is -2.40. The summed E-state index contributed by atoms with van der Waals surface area (Å²) in [4.78, 5) is 13.0. The minimum Gasteiger partial charge on any atom is -0.348 e. The minimum atomic E-state index is -3.81. The number of hydrogen-bond donors (Lipinski definition) is 1. The number of halogens is 2.